The highest BCUT2D eigenvalue weighted by molar-refractivity contribution is 5.59. The second-order valence-electron chi connectivity index (χ2n) is 5.93. The van der Waals surface area contributed by atoms with Crippen LogP contribution in [0.15, 0.2) is 18.2 Å². The number of nitro groups is 1. The van der Waals surface area contributed by atoms with Crippen LogP contribution in [0.25, 0.3) is 0 Å². The molecule has 0 amide bonds. The lowest BCUT2D eigenvalue weighted by Gasteiger charge is -2.52. The van der Waals surface area contributed by atoms with Gasteiger partial charge in [0.05, 0.1) is 24.2 Å². The van der Waals surface area contributed by atoms with Crippen molar-refractivity contribution >= 4 is 11.4 Å². The Hall–Kier alpha value is -1.86. The smallest absolute Gasteiger partial charge is 0.311 e. The first kappa shape index (κ1) is 16.0. The predicted octanol–water partition coefficient (Wildman–Crippen LogP) is 2.74. The Morgan fingerprint density at radius 2 is 2.35 bits per heavy atom. The van der Waals surface area contributed by atoms with Crippen molar-refractivity contribution in [1.82, 2.24) is 0 Å². The zero-order valence-corrected chi connectivity index (χ0v) is 13.4. The quantitative estimate of drug-likeness (QED) is 0.640. The minimum atomic E-state index is -0.446. The van der Waals surface area contributed by atoms with E-state index >= 15 is 0 Å². The van der Waals surface area contributed by atoms with Gasteiger partial charge in [0.1, 0.15) is 5.60 Å². The topological polar surface area (TPSA) is 82.9 Å². The van der Waals surface area contributed by atoms with Gasteiger partial charge in [-0.15, -0.1) is 0 Å². The van der Waals surface area contributed by atoms with E-state index < -0.39 is 4.92 Å². The van der Waals surface area contributed by atoms with Crippen molar-refractivity contribution in [1.29, 1.82) is 0 Å². The zero-order valence-electron chi connectivity index (χ0n) is 13.4. The average Bonchev–Trinajstić information content (AvgIpc) is 3.06. The second-order valence-corrected chi connectivity index (χ2v) is 5.93. The number of nitro benzene ring substituents is 1. The maximum Gasteiger partial charge on any atom is 0.311 e. The molecule has 1 saturated carbocycles. The number of hydrogen-bond donors (Lipinski definition) is 1. The largest absolute Gasteiger partial charge is 0.490 e. The van der Waals surface area contributed by atoms with E-state index in [0.29, 0.717) is 6.61 Å². The number of nitrogens with zero attached hydrogens (tertiary/aromatic N) is 1. The van der Waals surface area contributed by atoms with Crippen LogP contribution in [0.3, 0.4) is 0 Å². The third kappa shape index (κ3) is 2.74. The maximum absolute atomic E-state index is 11.0. The fourth-order valence-electron chi connectivity index (χ4n) is 3.60. The molecule has 1 N–H and O–H groups in total. The second kappa shape index (κ2) is 6.33. The van der Waals surface area contributed by atoms with Gasteiger partial charge in [0.25, 0.3) is 0 Å². The normalized spacial score (nSPS) is 29.3. The summed E-state index contributed by atoms with van der Waals surface area (Å²) in [6, 6.07) is 4.97. The monoisotopic (exact) mass is 322 g/mol. The molecule has 1 aliphatic heterocycles. The fraction of sp³-hybridized carbons (Fsp3) is 0.625. The highest BCUT2D eigenvalue weighted by Crippen LogP contribution is 2.47. The van der Waals surface area contributed by atoms with Crippen LogP contribution in [0.5, 0.6) is 5.75 Å². The minimum absolute atomic E-state index is 0.0364. The van der Waals surface area contributed by atoms with E-state index in [-0.39, 0.29) is 29.2 Å². The molecule has 1 saturated heterocycles. The van der Waals surface area contributed by atoms with Crippen molar-refractivity contribution < 1.29 is 19.1 Å². The van der Waals surface area contributed by atoms with Gasteiger partial charge in [-0.05, 0) is 32.3 Å². The Balaban J connectivity index is 1.76. The summed E-state index contributed by atoms with van der Waals surface area (Å²) in [7, 11) is 1.43. The van der Waals surface area contributed by atoms with Crippen LogP contribution < -0.4 is 10.1 Å². The van der Waals surface area contributed by atoms with Gasteiger partial charge in [0.15, 0.2) is 5.75 Å². The summed E-state index contributed by atoms with van der Waals surface area (Å²) in [5, 5.41) is 14.4. The molecule has 7 nitrogen and oxygen atoms in total. The van der Waals surface area contributed by atoms with Crippen molar-refractivity contribution in [3.63, 3.8) is 0 Å². The first-order valence-corrected chi connectivity index (χ1v) is 7.95. The molecule has 2 fully saturated rings. The number of rotatable bonds is 6. The summed E-state index contributed by atoms with van der Waals surface area (Å²) < 4.78 is 16.9. The third-order valence-corrected chi connectivity index (χ3v) is 4.75. The van der Waals surface area contributed by atoms with E-state index in [1.165, 1.54) is 13.2 Å². The van der Waals surface area contributed by atoms with Crippen molar-refractivity contribution in [3.8, 4) is 5.75 Å². The first-order chi connectivity index (χ1) is 11.1. The van der Waals surface area contributed by atoms with Crippen molar-refractivity contribution in [2.45, 2.75) is 43.9 Å². The number of nitrogens with one attached hydrogen (secondary N) is 1. The number of hydrogen-bond acceptors (Lipinski definition) is 6. The van der Waals surface area contributed by atoms with Crippen LogP contribution >= 0.6 is 0 Å². The van der Waals surface area contributed by atoms with Crippen LogP contribution in [0.2, 0.25) is 0 Å². The van der Waals surface area contributed by atoms with Gasteiger partial charge in [-0.3, -0.25) is 10.1 Å². The van der Waals surface area contributed by atoms with Crippen molar-refractivity contribution in [3.05, 3.63) is 28.3 Å². The molecule has 3 rings (SSSR count). The van der Waals surface area contributed by atoms with E-state index in [1.807, 2.05) is 6.92 Å². The van der Waals surface area contributed by atoms with Gasteiger partial charge in [0.2, 0.25) is 0 Å². The molecule has 1 heterocycles. The Kier molecular flexibility index (Phi) is 4.41. The molecule has 1 aromatic carbocycles. The first-order valence-electron chi connectivity index (χ1n) is 7.95. The Labute approximate surface area is 135 Å². The van der Waals surface area contributed by atoms with Crippen LogP contribution in [0.1, 0.15) is 26.2 Å². The molecule has 0 aromatic heterocycles. The Bertz CT molecular complexity index is 586. The van der Waals surface area contributed by atoms with Gasteiger partial charge in [-0.2, -0.15) is 0 Å². The molecule has 23 heavy (non-hydrogen) atoms. The van der Waals surface area contributed by atoms with Gasteiger partial charge >= 0.3 is 5.69 Å². The summed E-state index contributed by atoms with van der Waals surface area (Å²) >= 11 is 0. The van der Waals surface area contributed by atoms with Gasteiger partial charge in [-0.1, -0.05) is 0 Å². The lowest BCUT2D eigenvalue weighted by molar-refractivity contribution is -0.385. The molecule has 0 radical (unpaired) electrons. The highest BCUT2D eigenvalue weighted by Gasteiger charge is 2.58. The van der Waals surface area contributed by atoms with E-state index in [0.717, 1.165) is 31.6 Å². The lowest BCUT2D eigenvalue weighted by atomic mass is 9.70. The molecule has 0 bridgehead atoms. The Morgan fingerprint density at radius 1 is 1.52 bits per heavy atom. The zero-order chi connectivity index (χ0) is 16.4. The molecule has 1 aromatic rings. The molecule has 0 unspecified atom stereocenters. The Morgan fingerprint density at radius 3 is 2.96 bits per heavy atom. The average molecular weight is 322 g/mol. The van der Waals surface area contributed by atoms with Gasteiger partial charge < -0.3 is 19.5 Å². The molecular formula is C16H22N2O5. The summed E-state index contributed by atoms with van der Waals surface area (Å²) in [5.74, 6) is 0.252. The van der Waals surface area contributed by atoms with Crippen LogP contribution in [-0.4, -0.2) is 43.0 Å². The van der Waals surface area contributed by atoms with Gasteiger partial charge in [-0.25, -0.2) is 0 Å². The molecular weight excluding hydrogens is 300 g/mol. The molecule has 7 heteroatoms. The van der Waals surface area contributed by atoms with Gasteiger partial charge in [0, 0.05) is 31.0 Å². The maximum atomic E-state index is 11.0. The summed E-state index contributed by atoms with van der Waals surface area (Å²) in [6.45, 7) is 3.42. The summed E-state index contributed by atoms with van der Waals surface area (Å²) in [5.41, 5.74) is 0.485. The van der Waals surface area contributed by atoms with Crippen molar-refractivity contribution in [2.24, 2.45) is 0 Å². The van der Waals surface area contributed by atoms with Crippen LogP contribution in [-0.2, 0) is 9.47 Å². The highest BCUT2D eigenvalue weighted by atomic mass is 16.6. The summed E-state index contributed by atoms with van der Waals surface area (Å²) in [4.78, 5) is 10.5. The van der Waals surface area contributed by atoms with E-state index in [2.05, 4.69) is 5.32 Å². The molecule has 126 valence electrons. The molecule has 1 aliphatic carbocycles. The van der Waals surface area contributed by atoms with Crippen LogP contribution in [0, 0.1) is 10.1 Å². The predicted molar refractivity (Wildman–Crippen MR) is 85.0 cm³/mol. The number of anilines is 1. The van der Waals surface area contributed by atoms with E-state index in [4.69, 9.17) is 14.2 Å². The van der Waals surface area contributed by atoms with Crippen LogP contribution in [0.4, 0.5) is 11.4 Å². The number of ether oxygens (including phenoxy) is 3. The van der Waals surface area contributed by atoms with E-state index in [1.54, 1.807) is 12.1 Å². The molecule has 3 atom stereocenters. The number of benzene rings is 1. The molecule has 2 aliphatic rings. The lowest BCUT2D eigenvalue weighted by Crippen LogP contribution is -2.66. The minimum Gasteiger partial charge on any atom is -0.490 e. The standard InChI is InChI=1S/C16H22N2O5/c1-3-22-15-10-14(16(15)7-4-8-23-16)17-11-5-6-12(18(19)20)13(9-11)21-2/h5-6,9,14-15,17H,3-4,7-8,10H2,1-2H3/t14-,15+,16+/m0/s1. The van der Waals surface area contributed by atoms with Crippen molar-refractivity contribution in [2.75, 3.05) is 25.6 Å². The third-order valence-electron chi connectivity index (χ3n) is 4.75. The fourth-order valence-corrected chi connectivity index (χ4v) is 3.60. The summed E-state index contributed by atoms with van der Waals surface area (Å²) in [6.07, 6.45) is 2.99. The SMILES string of the molecule is CCO[C@@H]1C[C@H](Nc2ccc([N+](=O)[O-])c(OC)c2)[C@]12CCCO2. The van der Waals surface area contributed by atoms with E-state index in [9.17, 15) is 10.1 Å². The molecule has 1 spiro atoms. The number of methoxy groups -OCH3 is 1.